The van der Waals surface area contributed by atoms with E-state index >= 15 is 0 Å². The summed E-state index contributed by atoms with van der Waals surface area (Å²) in [7, 11) is 0. The van der Waals surface area contributed by atoms with Crippen molar-refractivity contribution in [1.82, 2.24) is 4.90 Å². The minimum atomic E-state index is -0.441. The van der Waals surface area contributed by atoms with Crippen molar-refractivity contribution in [3.05, 3.63) is 54.1 Å². The number of carbonyl (C=O) groups excluding carboxylic acids is 1. The Labute approximate surface area is 141 Å². The minimum Gasteiger partial charge on any atom is -0.455 e. The number of aliphatic hydroxyl groups is 1. The lowest BCUT2D eigenvalue weighted by Gasteiger charge is -2.30. The number of benzene rings is 2. The first kappa shape index (κ1) is 16.3. The summed E-state index contributed by atoms with van der Waals surface area (Å²) >= 11 is 0. The van der Waals surface area contributed by atoms with Crippen LogP contribution in [0.2, 0.25) is 0 Å². The van der Waals surface area contributed by atoms with Crippen molar-refractivity contribution in [3.8, 4) is 11.5 Å². The molecule has 24 heavy (non-hydrogen) atoms. The monoisotopic (exact) mass is 326 g/mol. The standard InChI is InChI=1S/C19H22N2O3/c1-14-6-4-8-16(12-14)24-18-10-3-2-9-17(18)20-19(23)21-11-5-7-15(22)13-21/h2-4,6,8-10,12,15,22H,5,7,11,13H2,1H3,(H,20,23). The SMILES string of the molecule is Cc1cccc(Oc2ccccc2NC(=O)N2CCCC(O)C2)c1. The number of piperidine rings is 1. The number of nitrogens with zero attached hydrogens (tertiary/aromatic N) is 1. The molecule has 1 aliphatic heterocycles. The maximum atomic E-state index is 12.4. The Bertz CT molecular complexity index is 717. The van der Waals surface area contributed by atoms with Gasteiger partial charge in [0.25, 0.3) is 0 Å². The third kappa shape index (κ3) is 4.06. The Hall–Kier alpha value is -2.53. The molecule has 126 valence electrons. The number of ether oxygens (including phenoxy) is 1. The summed E-state index contributed by atoms with van der Waals surface area (Å²) < 4.78 is 5.92. The first-order valence-corrected chi connectivity index (χ1v) is 8.19. The normalized spacial score (nSPS) is 17.4. The van der Waals surface area contributed by atoms with Crippen molar-refractivity contribution in [2.75, 3.05) is 18.4 Å². The second-order valence-electron chi connectivity index (χ2n) is 6.09. The summed E-state index contributed by atoms with van der Waals surface area (Å²) in [4.78, 5) is 14.1. The zero-order valence-corrected chi connectivity index (χ0v) is 13.7. The predicted molar refractivity (Wildman–Crippen MR) is 93.5 cm³/mol. The number of nitrogens with one attached hydrogen (secondary N) is 1. The van der Waals surface area contributed by atoms with Crippen LogP contribution in [-0.4, -0.2) is 35.2 Å². The molecule has 0 spiro atoms. The fourth-order valence-corrected chi connectivity index (χ4v) is 2.80. The van der Waals surface area contributed by atoms with Crippen molar-refractivity contribution < 1.29 is 14.6 Å². The zero-order chi connectivity index (χ0) is 16.9. The first-order chi connectivity index (χ1) is 11.6. The van der Waals surface area contributed by atoms with Crippen LogP contribution in [0.4, 0.5) is 10.5 Å². The Kier molecular flexibility index (Phi) is 5.01. The molecule has 0 aliphatic carbocycles. The molecule has 2 aromatic carbocycles. The number of amides is 2. The zero-order valence-electron chi connectivity index (χ0n) is 13.7. The van der Waals surface area contributed by atoms with Gasteiger partial charge in [-0.3, -0.25) is 0 Å². The second kappa shape index (κ2) is 7.36. The van der Waals surface area contributed by atoms with E-state index < -0.39 is 6.10 Å². The number of aryl methyl sites for hydroxylation is 1. The molecule has 5 heteroatoms. The van der Waals surface area contributed by atoms with Crippen LogP contribution in [0, 0.1) is 6.92 Å². The number of para-hydroxylation sites is 2. The summed E-state index contributed by atoms with van der Waals surface area (Å²) in [5.41, 5.74) is 1.72. The molecule has 2 N–H and O–H groups in total. The Morgan fingerprint density at radius 1 is 1.25 bits per heavy atom. The fourth-order valence-electron chi connectivity index (χ4n) is 2.80. The molecule has 1 heterocycles. The molecule has 2 aromatic rings. The average molecular weight is 326 g/mol. The van der Waals surface area contributed by atoms with Gasteiger partial charge in [-0.15, -0.1) is 0 Å². The van der Waals surface area contributed by atoms with Crippen LogP contribution >= 0.6 is 0 Å². The topological polar surface area (TPSA) is 61.8 Å². The molecule has 0 saturated carbocycles. The van der Waals surface area contributed by atoms with Gasteiger partial charge in [0.15, 0.2) is 5.75 Å². The van der Waals surface area contributed by atoms with Crippen LogP contribution in [0.5, 0.6) is 11.5 Å². The van der Waals surface area contributed by atoms with Crippen LogP contribution < -0.4 is 10.1 Å². The van der Waals surface area contributed by atoms with Crippen LogP contribution in [0.3, 0.4) is 0 Å². The molecule has 0 aromatic heterocycles. The summed E-state index contributed by atoms with van der Waals surface area (Å²) in [5.74, 6) is 1.32. The summed E-state index contributed by atoms with van der Waals surface area (Å²) in [6, 6.07) is 14.9. The number of likely N-dealkylation sites (tertiary alicyclic amines) is 1. The maximum Gasteiger partial charge on any atom is 0.322 e. The number of anilines is 1. The van der Waals surface area contributed by atoms with Crippen LogP contribution in [0.25, 0.3) is 0 Å². The highest BCUT2D eigenvalue weighted by molar-refractivity contribution is 5.91. The number of rotatable bonds is 3. The van der Waals surface area contributed by atoms with Crippen molar-refractivity contribution >= 4 is 11.7 Å². The van der Waals surface area contributed by atoms with E-state index in [1.54, 1.807) is 4.90 Å². The van der Waals surface area contributed by atoms with E-state index in [1.165, 1.54) is 0 Å². The summed E-state index contributed by atoms with van der Waals surface area (Å²) in [5, 5.41) is 12.6. The van der Waals surface area contributed by atoms with E-state index in [9.17, 15) is 9.90 Å². The lowest BCUT2D eigenvalue weighted by atomic mass is 10.1. The highest BCUT2D eigenvalue weighted by Crippen LogP contribution is 2.30. The molecule has 1 atom stereocenters. The minimum absolute atomic E-state index is 0.214. The van der Waals surface area contributed by atoms with E-state index in [4.69, 9.17) is 4.74 Å². The maximum absolute atomic E-state index is 12.4. The number of carbonyl (C=O) groups is 1. The Morgan fingerprint density at radius 3 is 2.88 bits per heavy atom. The molecule has 2 amide bonds. The van der Waals surface area contributed by atoms with Gasteiger partial charge in [-0.2, -0.15) is 0 Å². The predicted octanol–water partition coefficient (Wildman–Crippen LogP) is 3.78. The molecule has 1 unspecified atom stereocenters. The fraction of sp³-hybridized carbons (Fsp3) is 0.316. The lowest BCUT2D eigenvalue weighted by molar-refractivity contribution is 0.0883. The van der Waals surface area contributed by atoms with Crippen molar-refractivity contribution in [3.63, 3.8) is 0 Å². The van der Waals surface area contributed by atoms with E-state index in [0.29, 0.717) is 24.5 Å². The highest BCUT2D eigenvalue weighted by atomic mass is 16.5. The number of β-amino-alcohol motifs (C(OH)–C–C–N with tert-alkyl or cyclic N) is 1. The van der Waals surface area contributed by atoms with Gasteiger partial charge in [0.2, 0.25) is 0 Å². The molecule has 3 rings (SSSR count). The summed E-state index contributed by atoms with van der Waals surface area (Å²) in [6.07, 6.45) is 1.12. The van der Waals surface area contributed by atoms with E-state index in [-0.39, 0.29) is 6.03 Å². The van der Waals surface area contributed by atoms with Gasteiger partial charge in [-0.25, -0.2) is 4.79 Å². The molecule has 1 saturated heterocycles. The molecule has 0 radical (unpaired) electrons. The van der Waals surface area contributed by atoms with E-state index in [0.717, 1.165) is 24.2 Å². The molecular formula is C19H22N2O3. The third-order valence-corrected chi connectivity index (χ3v) is 4.03. The number of hydrogen-bond acceptors (Lipinski definition) is 3. The van der Waals surface area contributed by atoms with Gasteiger partial charge in [0.05, 0.1) is 11.8 Å². The van der Waals surface area contributed by atoms with Gasteiger partial charge < -0.3 is 20.1 Å². The van der Waals surface area contributed by atoms with Crippen LogP contribution in [-0.2, 0) is 0 Å². The number of urea groups is 1. The van der Waals surface area contributed by atoms with Crippen LogP contribution in [0.15, 0.2) is 48.5 Å². The van der Waals surface area contributed by atoms with Gasteiger partial charge in [0.1, 0.15) is 5.75 Å². The number of hydrogen-bond donors (Lipinski definition) is 2. The van der Waals surface area contributed by atoms with E-state index in [2.05, 4.69) is 5.32 Å². The van der Waals surface area contributed by atoms with Gasteiger partial charge >= 0.3 is 6.03 Å². The quantitative estimate of drug-likeness (QED) is 0.902. The summed E-state index contributed by atoms with van der Waals surface area (Å²) in [6.45, 7) is 3.03. The molecule has 0 bridgehead atoms. The van der Waals surface area contributed by atoms with Gasteiger partial charge in [-0.05, 0) is 49.6 Å². The largest absolute Gasteiger partial charge is 0.455 e. The second-order valence-corrected chi connectivity index (χ2v) is 6.09. The molecule has 1 fully saturated rings. The average Bonchev–Trinajstić information content (AvgIpc) is 2.57. The van der Waals surface area contributed by atoms with Gasteiger partial charge in [0, 0.05) is 13.1 Å². The first-order valence-electron chi connectivity index (χ1n) is 8.19. The van der Waals surface area contributed by atoms with Crippen LogP contribution in [0.1, 0.15) is 18.4 Å². The van der Waals surface area contributed by atoms with Gasteiger partial charge in [-0.1, -0.05) is 24.3 Å². The van der Waals surface area contributed by atoms with Crippen molar-refractivity contribution in [2.45, 2.75) is 25.9 Å². The highest BCUT2D eigenvalue weighted by Gasteiger charge is 2.22. The smallest absolute Gasteiger partial charge is 0.322 e. The van der Waals surface area contributed by atoms with Crippen molar-refractivity contribution in [2.24, 2.45) is 0 Å². The Morgan fingerprint density at radius 2 is 2.08 bits per heavy atom. The van der Waals surface area contributed by atoms with Crippen molar-refractivity contribution in [1.29, 1.82) is 0 Å². The lowest BCUT2D eigenvalue weighted by Crippen LogP contribution is -2.44. The Balaban J connectivity index is 1.73. The molecule has 1 aliphatic rings. The molecule has 5 nitrogen and oxygen atoms in total. The van der Waals surface area contributed by atoms with E-state index in [1.807, 2.05) is 55.5 Å². The third-order valence-electron chi connectivity index (χ3n) is 4.03. The molecular weight excluding hydrogens is 304 g/mol. The number of aliphatic hydroxyl groups excluding tert-OH is 1.